The highest BCUT2D eigenvalue weighted by Gasteiger charge is 2.90. The van der Waals surface area contributed by atoms with E-state index in [1.54, 1.807) is 30.5 Å². The van der Waals surface area contributed by atoms with Gasteiger partial charge in [-0.25, -0.2) is 8.42 Å². The van der Waals surface area contributed by atoms with E-state index in [4.69, 9.17) is 11.6 Å². The van der Waals surface area contributed by atoms with Gasteiger partial charge in [-0.05, 0) is 48.7 Å². The average Bonchev–Trinajstić information content (AvgIpc) is 3.42. The molecule has 0 radical (unpaired) electrons. The molecule has 0 unspecified atom stereocenters. The van der Waals surface area contributed by atoms with E-state index in [1.165, 1.54) is 0 Å². The Balaban J connectivity index is 1.63. The Hall–Kier alpha value is -1.91. The number of hydrogen-bond donors (Lipinski definition) is 0. The molecule has 0 atom stereocenters. The van der Waals surface area contributed by atoms with Crippen LogP contribution < -0.4 is 0 Å². The molecule has 1 aromatic heterocycles. The highest BCUT2D eigenvalue weighted by Crippen LogP contribution is 2.83. The molecule has 3 nitrogen and oxygen atoms in total. The van der Waals surface area contributed by atoms with Crippen LogP contribution in [0.1, 0.15) is 18.4 Å². The van der Waals surface area contributed by atoms with Crippen molar-refractivity contribution in [3.05, 3.63) is 71.4 Å². The van der Waals surface area contributed by atoms with E-state index in [1.807, 2.05) is 30.3 Å². The molecule has 1 heterocycles. The van der Waals surface area contributed by atoms with E-state index in [2.05, 4.69) is 4.98 Å². The summed E-state index contributed by atoms with van der Waals surface area (Å²) >= 11 is 6.06. The van der Waals surface area contributed by atoms with Gasteiger partial charge in [0, 0.05) is 22.0 Å². The third-order valence-corrected chi connectivity index (χ3v) is 8.42. The van der Waals surface area contributed by atoms with Crippen molar-refractivity contribution >= 4 is 32.3 Å². The number of nitrogens with zero attached hydrogens (tertiary/aromatic N) is 1. The minimum atomic E-state index is -3.32. The van der Waals surface area contributed by atoms with Crippen LogP contribution in [0, 0.1) is 0 Å². The van der Waals surface area contributed by atoms with Gasteiger partial charge in [-0.3, -0.25) is 4.98 Å². The summed E-state index contributed by atoms with van der Waals surface area (Å²) < 4.78 is 25.6. The lowest BCUT2D eigenvalue weighted by Gasteiger charge is -2.07. The summed E-state index contributed by atoms with van der Waals surface area (Å²) in [6.45, 7) is 0. The maximum absolute atomic E-state index is 13.1. The normalized spacial score (nSPS) is 27.7. The highest BCUT2D eigenvalue weighted by molar-refractivity contribution is 7.93. The van der Waals surface area contributed by atoms with Crippen LogP contribution in [0.15, 0.2) is 65.7 Å². The van der Waals surface area contributed by atoms with Crippen LogP contribution in [0.3, 0.4) is 0 Å². The first-order valence-corrected chi connectivity index (χ1v) is 9.71. The second-order valence-electron chi connectivity index (χ2n) is 6.77. The summed E-state index contributed by atoms with van der Waals surface area (Å²) in [5, 5.41) is 1.64. The monoisotopic (exact) mass is 355 g/mol. The summed E-state index contributed by atoms with van der Waals surface area (Å²) in [5.41, 5.74) is 1.65. The molecule has 2 aliphatic carbocycles. The zero-order valence-electron chi connectivity index (χ0n) is 12.7. The number of aromatic nitrogens is 1. The van der Waals surface area contributed by atoms with Gasteiger partial charge in [-0.2, -0.15) is 0 Å². The Labute approximate surface area is 145 Å². The largest absolute Gasteiger partial charge is 0.256 e. The fourth-order valence-electron chi connectivity index (χ4n) is 4.08. The third kappa shape index (κ3) is 1.63. The predicted octanol–water partition coefficient (Wildman–Crippen LogP) is 4.15. The average molecular weight is 356 g/mol. The molecule has 0 saturated heterocycles. The first-order valence-electron chi connectivity index (χ1n) is 7.85. The van der Waals surface area contributed by atoms with Crippen molar-refractivity contribution < 1.29 is 8.42 Å². The Morgan fingerprint density at radius 2 is 1.75 bits per heavy atom. The lowest BCUT2D eigenvalue weighted by atomic mass is 9.99. The number of halogens is 1. The molecule has 120 valence electrons. The lowest BCUT2D eigenvalue weighted by Crippen LogP contribution is -2.14. The minimum Gasteiger partial charge on any atom is -0.256 e. The Morgan fingerprint density at radius 3 is 2.50 bits per heavy atom. The lowest BCUT2D eigenvalue weighted by molar-refractivity contribution is 0.587. The first-order chi connectivity index (χ1) is 11.5. The van der Waals surface area contributed by atoms with Crippen LogP contribution in [0.5, 0.6) is 0 Å². The van der Waals surface area contributed by atoms with Crippen molar-refractivity contribution in [1.82, 2.24) is 4.98 Å². The van der Waals surface area contributed by atoms with Crippen LogP contribution in [0.25, 0.3) is 10.9 Å². The quantitative estimate of drug-likeness (QED) is 0.709. The second kappa shape index (κ2) is 4.38. The van der Waals surface area contributed by atoms with Crippen molar-refractivity contribution in [3.8, 4) is 0 Å². The van der Waals surface area contributed by atoms with E-state index in [0.29, 0.717) is 22.8 Å². The molecule has 0 amide bonds. The SMILES string of the molecule is O=S(=O)(c1ccccc1)C12CC1(c1ccnc3cc(Cl)ccc13)C2. The summed E-state index contributed by atoms with van der Waals surface area (Å²) in [6, 6.07) is 16.4. The van der Waals surface area contributed by atoms with Gasteiger partial charge in [-0.15, -0.1) is 0 Å². The van der Waals surface area contributed by atoms with E-state index in [-0.39, 0.29) is 5.41 Å². The van der Waals surface area contributed by atoms with Crippen molar-refractivity contribution in [3.63, 3.8) is 0 Å². The van der Waals surface area contributed by atoms with Gasteiger partial charge in [0.25, 0.3) is 0 Å². The van der Waals surface area contributed by atoms with Gasteiger partial charge in [0.1, 0.15) is 0 Å². The van der Waals surface area contributed by atoms with Gasteiger partial charge < -0.3 is 0 Å². The van der Waals surface area contributed by atoms with Crippen LogP contribution in [0.4, 0.5) is 0 Å². The number of pyridine rings is 1. The van der Waals surface area contributed by atoms with Crippen LogP contribution in [-0.2, 0) is 15.3 Å². The molecule has 2 saturated carbocycles. The molecule has 0 aliphatic heterocycles. The molecular weight excluding hydrogens is 342 g/mol. The smallest absolute Gasteiger partial charge is 0.185 e. The Bertz CT molecular complexity index is 1090. The molecule has 5 heteroatoms. The Kier molecular flexibility index (Phi) is 2.63. The fourth-order valence-corrected chi connectivity index (χ4v) is 6.71. The van der Waals surface area contributed by atoms with Crippen molar-refractivity contribution in [2.75, 3.05) is 0 Å². The summed E-state index contributed by atoms with van der Waals surface area (Å²) in [6.07, 6.45) is 3.14. The van der Waals surface area contributed by atoms with Gasteiger partial charge in [0.15, 0.2) is 9.84 Å². The van der Waals surface area contributed by atoms with Gasteiger partial charge >= 0.3 is 0 Å². The maximum atomic E-state index is 13.1. The highest BCUT2D eigenvalue weighted by atomic mass is 35.5. The zero-order valence-corrected chi connectivity index (χ0v) is 14.3. The molecule has 0 N–H and O–H groups in total. The molecule has 2 aromatic carbocycles. The molecule has 24 heavy (non-hydrogen) atoms. The molecule has 0 bridgehead atoms. The van der Waals surface area contributed by atoms with Crippen molar-refractivity contribution in [2.45, 2.75) is 27.9 Å². The number of sulfone groups is 1. The second-order valence-corrected chi connectivity index (χ2v) is 9.46. The van der Waals surface area contributed by atoms with Crippen molar-refractivity contribution in [2.24, 2.45) is 0 Å². The van der Waals surface area contributed by atoms with E-state index in [0.717, 1.165) is 16.5 Å². The summed E-state index contributed by atoms with van der Waals surface area (Å²) in [7, 11) is -3.32. The van der Waals surface area contributed by atoms with Crippen LogP contribution >= 0.6 is 11.6 Å². The van der Waals surface area contributed by atoms with Gasteiger partial charge in [-0.1, -0.05) is 35.9 Å². The van der Waals surface area contributed by atoms with Crippen molar-refractivity contribution in [1.29, 1.82) is 0 Å². The summed E-state index contributed by atoms with van der Waals surface area (Å²) in [5.74, 6) is 0. The standard InChI is InChI=1S/C19H14ClNO2S/c20-13-6-7-15-16(8-9-21-17(15)10-13)18-11-19(18,12-18)24(22,23)14-4-2-1-3-5-14/h1-10H,11-12H2. The number of rotatable bonds is 3. The maximum Gasteiger partial charge on any atom is 0.185 e. The topological polar surface area (TPSA) is 47.0 Å². The van der Waals surface area contributed by atoms with E-state index >= 15 is 0 Å². The number of hydrogen-bond acceptors (Lipinski definition) is 3. The van der Waals surface area contributed by atoms with Crippen LogP contribution in [-0.4, -0.2) is 18.1 Å². The molecule has 5 rings (SSSR count). The first kappa shape index (κ1) is 14.4. The van der Waals surface area contributed by atoms with E-state index in [9.17, 15) is 8.42 Å². The van der Waals surface area contributed by atoms with Gasteiger partial charge in [0.2, 0.25) is 0 Å². The molecule has 0 spiro atoms. The third-order valence-electron chi connectivity index (χ3n) is 5.59. The fraction of sp³-hybridized carbons (Fsp3) is 0.211. The van der Waals surface area contributed by atoms with E-state index < -0.39 is 14.6 Å². The zero-order chi connectivity index (χ0) is 16.6. The molecule has 2 aliphatic rings. The Morgan fingerprint density at radius 1 is 1.00 bits per heavy atom. The molecular formula is C19H14ClNO2S. The summed E-state index contributed by atoms with van der Waals surface area (Å²) in [4.78, 5) is 4.79. The van der Waals surface area contributed by atoms with Crippen LogP contribution in [0.2, 0.25) is 5.02 Å². The minimum absolute atomic E-state index is 0.253. The van der Waals surface area contributed by atoms with Gasteiger partial charge in [0.05, 0.1) is 15.2 Å². The molecule has 2 fully saturated rings. The predicted molar refractivity (Wildman–Crippen MR) is 94.0 cm³/mol. The number of benzene rings is 2. The number of fused-ring (bicyclic) bond motifs is 2. The molecule has 3 aromatic rings.